The van der Waals surface area contributed by atoms with Crippen LogP contribution in [0.4, 0.5) is 0 Å². The highest BCUT2D eigenvalue weighted by atomic mass is 16.5. The molecule has 0 aliphatic carbocycles. The highest BCUT2D eigenvalue weighted by Crippen LogP contribution is 2.18. The predicted octanol–water partition coefficient (Wildman–Crippen LogP) is 2.69. The van der Waals surface area contributed by atoms with Crippen molar-refractivity contribution in [2.24, 2.45) is 0 Å². The lowest BCUT2D eigenvalue weighted by Gasteiger charge is -2.14. The van der Waals surface area contributed by atoms with Crippen LogP contribution >= 0.6 is 0 Å². The molecule has 1 atom stereocenters. The number of nitrogens with one attached hydrogen (secondary N) is 1. The van der Waals surface area contributed by atoms with Gasteiger partial charge in [0, 0.05) is 12.5 Å². The summed E-state index contributed by atoms with van der Waals surface area (Å²) in [5, 5.41) is 3.38. The van der Waals surface area contributed by atoms with Crippen LogP contribution < -0.4 is 10.1 Å². The average Bonchev–Trinajstić information content (AvgIpc) is 2.43. The number of hydrogen-bond acceptors (Lipinski definition) is 4. The second kappa shape index (κ2) is 8.53. The second-order valence-corrected chi connectivity index (χ2v) is 4.36. The first-order valence-corrected chi connectivity index (χ1v) is 6.70. The summed E-state index contributed by atoms with van der Waals surface area (Å²) >= 11 is 0. The Balaban J connectivity index is 2.30. The summed E-state index contributed by atoms with van der Waals surface area (Å²) in [6.45, 7) is 5.16. The summed E-state index contributed by atoms with van der Waals surface area (Å²) in [6, 6.07) is 8.22. The van der Waals surface area contributed by atoms with E-state index in [2.05, 4.69) is 18.3 Å². The van der Waals surface area contributed by atoms with E-state index in [-0.39, 0.29) is 12.0 Å². The fourth-order valence-corrected chi connectivity index (χ4v) is 1.81. The number of benzene rings is 1. The van der Waals surface area contributed by atoms with Crippen molar-refractivity contribution in [3.8, 4) is 5.75 Å². The Morgan fingerprint density at radius 2 is 2.21 bits per heavy atom. The van der Waals surface area contributed by atoms with Crippen LogP contribution in [-0.4, -0.2) is 26.2 Å². The minimum Gasteiger partial charge on any atom is -0.497 e. The molecule has 0 bridgehead atoms. The molecular formula is C15H23NO3. The van der Waals surface area contributed by atoms with Gasteiger partial charge in [-0.2, -0.15) is 0 Å². The van der Waals surface area contributed by atoms with Crippen LogP contribution in [0, 0.1) is 0 Å². The molecule has 1 aromatic rings. The lowest BCUT2D eigenvalue weighted by molar-refractivity contribution is -0.143. The van der Waals surface area contributed by atoms with E-state index < -0.39 is 0 Å². The minimum atomic E-state index is -0.127. The highest BCUT2D eigenvalue weighted by Gasteiger charge is 2.06. The Kier molecular flexibility index (Phi) is 6.97. The lowest BCUT2D eigenvalue weighted by atomic mass is 10.1. The van der Waals surface area contributed by atoms with E-state index in [0.29, 0.717) is 13.0 Å². The van der Waals surface area contributed by atoms with E-state index in [1.807, 2.05) is 25.1 Å². The van der Waals surface area contributed by atoms with Crippen molar-refractivity contribution in [3.05, 3.63) is 29.8 Å². The van der Waals surface area contributed by atoms with Crippen molar-refractivity contribution in [2.45, 2.75) is 32.7 Å². The molecule has 0 radical (unpaired) electrons. The van der Waals surface area contributed by atoms with Gasteiger partial charge in [0.05, 0.1) is 13.7 Å². The summed E-state index contributed by atoms with van der Waals surface area (Å²) in [7, 11) is 1.66. The van der Waals surface area contributed by atoms with Gasteiger partial charge in [-0.25, -0.2) is 0 Å². The van der Waals surface area contributed by atoms with Gasteiger partial charge < -0.3 is 14.8 Å². The first kappa shape index (κ1) is 15.5. The zero-order chi connectivity index (χ0) is 14.1. The Labute approximate surface area is 115 Å². The molecule has 19 heavy (non-hydrogen) atoms. The van der Waals surface area contributed by atoms with E-state index >= 15 is 0 Å². The topological polar surface area (TPSA) is 47.6 Å². The van der Waals surface area contributed by atoms with Crippen molar-refractivity contribution in [3.63, 3.8) is 0 Å². The van der Waals surface area contributed by atoms with Crippen molar-refractivity contribution >= 4 is 5.97 Å². The molecule has 0 aromatic heterocycles. The zero-order valence-electron chi connectivity index (χ0n) is 11.9. The van der Waals surface area contributed by atoms with Gasteiger partial charge in [0.2, 0.25) is 0 Å². The lowest BCUT2D eigenvalue weighted by Crippen LogP contribution is -2.20. The van der Waals surface area contributed by atoms with Gasteiger partial charge in [0.25, 0.3) is 0 Å². The smallest absolute Gasteiger partial charge is 0.305 e. The number of methoxy groups -OCH3 is 1. The Hall–Kier alpha value is -1.55. The number of rotatable bonds is 8. The van der Waals surface area contributed by atoms with Crippen LogP contribution in [0.15, 0.2) is 24.3 Å². The summed E-state index contributed by atoms with van der Waals surface area (Å²) in [4.78, 5) is 11.2. The van der Waals surface area contributed by atoms with Crippen molar-refractivity contribution in [1.82, 2.24) is 5.32 Å². The van der Waals surface area contributed by atoms with Gasteiger partial charge >= 0.3 is 5.97 Å². The van der Waals surface area contributed by atoms with Crippen LogP contribution in [0.3, 0.4) is 0 Å². The Morgan fingerprint density at radius 3 is 2.89 bits per heavy atom. The maximum absolute atomic E-state index is 11.2. The fourth-order valence-electron chi connectivity index (χ4n) is 1.81. The molecule has 0 heterocycles. The summed E-state index contributed by atoms with van der Waals surface area (Å²) in [5.74, 6) is 0.732. The molecule has 1 aromatic carbocycles. The number of ether oxygens (including phenoxy) is 2. The van der Waals surface area contributed by atoms with E-state index in [1.165, 1.54) is 5.56 Å². The summed E-state index contributed by atoms with van der Waals surface area (Å²) in [6.07, 6.45) is 1.25. The molecule has 0 aliphatic rings. The molecule has 4 nitrogen and oxygen atoms in total. The summed E-state index contributed by atoms with van der Waals surface area (Å²) < 4.78 is 10.1. The van der Waals surface area contributed by atoms with Crippen molar-refractivity contribution < 1.29 is 14.3 Å². The average molecular weight is 265 g/mol. The van der Waals surface area contributed by atoms with Gasteiger partial charge in [0.1, 0.15) is 5.75 Å². The molecule has 0 saturated heterocycles. The molecule has 1 unspecified atom stereocenters. The molecule has 4 heteroatoms. The quantitative estimate of drug-likeness (QED) is 0.580. The third kappa shape index (κ3) is 5.75. The molecule has 0 spiro atoms. The number of carbonyl (C=O) groups excluding carboxylic acids is 1. The maximum atomic E-state index is 11.2. The third-order valence-corrected chi connectivity index (χ3v) is 2.91. The molecule has 0 fully saturated rings. The monoisotopic (exact) mass is 265 g/mol. The maximum Gasteiger partial charge on any atom is 0.305 e. The van der Waals surface area contributed by atoms with E-state index in [4.69, 9.17) is 9.47 Å². The van der Waals surface area contributed by atoms with Crippen LogP contribution in [0.2, 0.25) is 0 Å². The predicted molar refractivity (Wildman–Crippen MR) is 75.3 cm³/mol. The largest absolute Gasteiger partial charge is 0.497 e. The SMILES string of the molecule is CCOC(=O)CCCNC(C)c1cccc(OC)c1. The van der Waals surface area contributed by atoms with Crippen LogP contribution in [0.5, 0.6) is 5.75 Å². The summed E-state index contributed by atoms with van der Waals surface area (Å²) in [5.41, 5.74) is 1.18. The fraction of sp³-hybridized carbons (Fsp3) is 0.533. The number of hydrogen-bond donors (Lipinski definition) is 1. The van der Waals surface area contributed by atoms with E-state index in [9.17, 15) is 4.79 Å². The molecule has 0 amide bonds. The highest BCUT2D eigenvalue weighted by molar-refractivity contribution is 5.69. The van der Waals surface area contributed by atoms with Crippen molar-refractivity contribution in [1.29, 1.82) is 0 Å². The van der Waals surface area contributed by atoms with Gasteiger partial charge in [-0.1, -0.05) is 12.1 Å². The van der Waals surface area contributed by atoms with Crippen molar-refractivity contribution in [2.75, 3.05) is 20.3 Å². The third-order valence-electron chi connectivity index (χ3n) is 2.91. The van der Waals surface area contributed by atoms with E-state index in [1.54, 1.807) is 7.11 Å². The molecule has 1 rings (SSSR count). The first-order chi connectivity index (χ1) is 9.17. The Bertz CT molecular complexity index is 393. The number of esters is 1. The van der Waals surface area contributed by atoms with Crippen LogP contribution in [0.1, 0.15) is 38.3 Å². The zero-order valence-corrected chi connectivity index (χ0v) is 11.9. The second-order valence-electron chi connectivity index (χ2n) is 4.36. The van der Waals surface area contributed by atoms with E-state index in [0.717, 1.165) is 18.7 Å². The van der Waals surface area contributed by atoms with Gasteiger partial charge in [0.15, 0.2) is 0 Å². The van der Waals surface area contributed by atoms with Crippen LogP contribution in [0.25, 0.3) is 0 Å². The minimum absolute atomic E-state index is 0.127. The molecule has 0 aliphatic heterocycles. The molecule has 106 valence electrons. The number of carbonyl (C=O) groups is 1. The molecule has 1 N–H and O–H groups in total. The molecular weight excluding hydrogens is 242 g/mol. The van der Waals surface area contributed by atoms with Crippen LogP contribution in [-0.2, 0) is 9.53 Å². The van der Waals surface area contributed by atoms with Gasteiger partial charge in [-0.05, 0) is 44.5 Å². The normalized spacial score (nSPS) is 11.9. The molecule has 0 saturated carbocycles. The first-order valence-electron chi connectivity index (χ1n) is 6.70. The Morgan fingerprint density at radius 1 is 1.42 bits per heavy atom. The van der Waals surface area contributed by atoms with Gasteiger partial charge in [-0.15, -0.1) is 0 Å². The standard InChI is InChI=1S/C15H23NO3/c1-4-19-15(17)9-6-10-16-12(2)13-7-5-8-14(11-13)18-3/h5,7-8,11-12,16H,4,6,9-10H2,1-3H3. The van der Waals surface area contributed by atoms with Gasteiger partial charge in [-0.3, -0.25) is 4.79 Å².